The summed E-state index contributed by atoms with van der Waals surface area (Å²) in [6, 6.07) is 0. The van der Waals surface area contributed by atoms with Crippen molar-refractivity contribution < 1.29 is 4.74 Å². The van der Waals surface area contributed by atoms with Crippen molar-refractivity contribution in [1.82, 2.24) is 0 Å². The average Bonchev–Trinajstić information content (AvgIpc) is 3.00. The zero-order valence-electron chi connectivity index (χ0n) is 8.90. The van der Waals surface area contributed by atoms with Crippen LogP contribution in [0.1, 0.15) is 32.6 Å². The van der Waals surface area contributed by atoms with Gasteiger partial charge >= 0.3 is 0 Å². The van der Waals surface area contributed by atoms with Crippen LogP contribution >= 0.6 is 23.2 Å². The first kappa shape index (κ1) is 12.6. The van der Waals surface area contributed by atoms with Crippen molar-refractivity contribution in [2.24, 2.45) is 11.3 Å². The van der Waals surface area contributed by atoms with E-state index in [1.165, 1.54) is 12.8 Å². The molecule has 0 bridgehead atoms. The van der Waals surface area contributed by atoms with E-state index >= 15 is 0 Å². The van der Waals surface area contributed by atoms with Crippen molar-refractivity contribution >= 4 is 23.2 Å². The zero-order valence-corrected chi connectivity index (χ0v) is 10.4. The zero-order chi connectivity index (χ0) is 10.4. The Hall–Kier alpha value is 0.540. The molecule has 0 aromatic heterocycles. The van der Waals surface area contributed by atoms with Gasteiger partial charge in [-0.2, -0.15) is 0 Å². The molecular weight excluding hydrogens is 219 g/mol. The first-order valence-electron chi connectivity index (χ1n) is 5.46. The van der Waals surface area contributed by atoms with Crippen LogP contribution in [0.2, 0.25) is 0 Å². The highest BCUT2D eigenvalue weighted by Crippen LogP contribution is 2.32. The van der Waals surface area contributed by atoms with Crippen molar-refractivity contribution in [3.63, 3.8) is 0 Å². The lowest BCUT2D eigenvalue weighted by Gasteiger charge is -2.28. The minimum atomic E-state index is 0.00670. The summed E-state index contributed by atoms with van der Waals surface area (Å²) in [6.07, 6.45) is 4.85. The van der Waals surface area contributed by atoms with Gasteiger partial charge in [0.2, 0.25) is 0 Å². The lowest BCUT2D eigenvalue weighted by molar-refractivity contribution is 0.0546. The van der Waals surface area contributed by atoms with Crippen molar-refractivity contribution in [2.45, 2.75) is 32.6 Å². The van der Waals surface area contributed by atoms with Gasteiger partial charge in [0.25, 0.3) is 0 Å². The first-order valence-corrected chi connectivity index (χ1v) is 6.53. The molecule has 0 aromatic rings. The third-order valence-corrected chi connectivity index (χ3v) is 3.94. The third kappa shape index (κ3) is 3.96. The Labute approximate surface area is 97.1 Å². The van der Waals surface area contributed by atoms with E-state index in [9.17, 15) is 0 Å². The molecule has 0 radical (unpaired) electrons. The molecule has 0 aromatic carbocycles. The van der Waals surface area contributed by atoms with Gasteiger partial charge in [0, 0.05) is 23.8 Å². The SMILES string of the molecule is CCCC(CCl)(CCl)COCC1CC1. The van der Waals surface area contributed by atoms with Crippen LogP contribution in [0.3, 0.4) is 0 Å². The molecule has 0 N–H and O–H groups in total. The molecule has 1 aliphatic carbocycles. The third-order valence-electron chi connectivity index (χ3n) is 2.81. The summed E-state index contributed by atoms with van der Waals surface area (Å²) in [5, 5.41) is 0. The summed E-state index contributed by atoms with van der Waals surface area (Å²) in [6.45, 7) is 3.79. The topological polar surface area (TPSA) is 9.23 Å². The minimum Gasteiger partial charge on any atom is -0.380 e. The highest BCUT2D eigenvalue weighted by molar-refractivity contribution is 6.21. The van der Waals surface area contributed by atoms with Gasteiger partial charge in [-0.3, -0.25) is 0 Å². The van der Waals surface area contributed by atoms with Crippen LogP contribution in [-0.2, 0) is 4.74 Å². The van der Waals surface area contributed by atoms with Crippen LogP contribution in [0.25, 0.3) is 0 Å². The molecule has 0 spiro atoms. The Bertz CT molecular complexity index is 153. The van der Waals surface area contributed by atoms with Gasteiger partial charge in [0.15, 0.2) is 0 Å². The number of hydrogen-bond acceptors (Lipinski definition) is 1. The molecular formula is C11H20Cl2O. The van der Waals surface area contributed by atoms with Crippen molar-refractivity contribution in [2.75, 3.05) is 25.0 Å². The summed E-state index contributed by atoms with van der Waals surface area (Å²) in [5.74, 6) is 2.03. The average molecular weight is 239 g/mol. The lowest BCUT2D eigenvalue weighted by Crippen LogP contribution is -2.31. The van der Waals surface area contributed by atoms with E-state index in [4.69, 9.17) is 27.9 Å². The number of hydrogen-bond donors (Lipinski definition) is 0. The van der Waals surface area contributed by atoms with E-state index < -0.39 is 0 Å². The molecule has 0 heterocycles. The number of alkyl halides is 2. The fourth-order valence-electron chi connectivity index (χ4n) is 1.58. The molecule has 0 unspecified atom stereocenters. The maximum atomic E-state index is 5.97. The van der Waals surface area contributed by atoms with Crippen LogP contribution in [0.4, 0.5) is 0 Å². The number of halogens is 2. The second-order valence-electron chi connectivity index (χ2n) is 4.48. The van der Waals surface area contributed by atoms with Gasteiger partial charge in [0.1, 0.15) is 0 Å². The Morgan fingerprint density at radius 2 is 1.93 bits per heavy atom. The van der Waals surface area contributed by atoms with Gasteiger partial charge in [-0.25, -0.2) is 0 Å². The minimum absolute atomic E-state index is 0.00670. The van der Waals surface area contributed by atoms with E-state index in [-0.39, 0.29) is 5.41 Å². The fourth-order valence-corrected chi connectivity index (χ4v) is 2.28. The second-order valence-corrected chi connectivity index (χ2v) is 5.01. The molecule has 1 saturated carbocycles. The van der Waals surface area contributed by atoms with E-state index in [2.05, 4.69) is 6.92 Å². The van der Waals surface area contributed by atoms with Crippen molar-refractivity contribution in [3.8, 4) is 0 Å². The Kier molecular flexibility index (Phi) is 5.58. The highest BCUT2D eigenvalue weighted by atomic mass is 35.5. The maximum absolute atomic E-state index is 5.97. The Morgan fingerprint density at radius 1 is 1.29 bits per heavy atom. The number of rotatable bonds is 8. The highest BCUT2D eigenvalue weighted by Gasteiger charge is 2.29. The molecule has 0 aliphatic heterocycles. The van der Waals surface area contributed by atoms with Crippen LogP contribution in [0.15, 0.2) is 0 Å². The molecule has 1 fully saturated rings. The summed E-state index contributed by atoms with van der Waals surface area (Å²) in [5.41, 5.74) is 0.00670. The first-order chi connectivity index (χ1) is 6.76. The van der Waals surface area contributed by atoms with Crippen LogP contribution in [-0.4, -0.2) is 25.0 Å². The molecule has 0 saturated heterocycles. The van der Waals surface area contributed by atoms with Crippen LogP contribution in [0, 0.1) is 11.3 Å². The predicted molar refractivity (Wildman–Crippen MR) is 62.3 cm³/mol. The van der Waals surface area contributed by atoms with Crippen LogP contribution < -0.4 is 0 Å². The molecule has 0 atom stereocenters. The standard InChI is InChI=1S/C11H20Cl2O/c1-2-5-11(7-12,8-13)9-14-6-10-3-4-10/h10H,2-9H2,1H3. The van der Waals surface area contributed by atoms with Gasteiger partial charge in [0.05, 0.1) is 6.61 Å². The summed E-state index contributed by atoms with van der Waals surface area (Å²) in [7, 11) is 0. The largest absolute Gasteiger partial charge is 0.380 e. The van der Waals surface area contributed by atoms with Gasteiger partial charge in [-0.05, 0) is 25.2 Å². The maximum Gasteiger partial charge on any atom is 0.0545 e. The molecule has 0 amide bonds. The van der Waals surface area contributed by atoms with Gasteiger partial charge in [-0.1, -0.05) is 13.3 Å². The predicted octanol–water partition coefficient (Wildman–Crippen LogP) is 3.68. The van der Waals surface area contributed by atoms with E-state index in [1.54, 1.807) is 0 Å². The monoisotopic (exact) mass is 238 g/mol. The van der Waals surface area contributed by atoms with Gasteiger partial charge < -0.3 is 4.74 Å². The summed E-state index contributed by atoms with van der Waals surface area (Å²) < 4.78 is 5.69. The van der Waals surface area contributed by atoms with Gasteiger partial charge in [-0.15, -0.1) is 23.2 Å². The molecule has 1 rings (SSSR count). The van der Waals surface area contributed by atoms with E-state index in [0.29, 0.717) is 11.8 Å². The smallest absolute Gasteiger partial charge is 0.0545 e. The second kappa shape index (κ2) is 6.19. The Balaban J connectivity index is 2.23. The van der Waals surface area contributed by atoms with Crippen molar-refractivity contribution in [1.29, 1.82) is 0 Å². The normalized spacial score (nSPS) is 17.4. The lowest BCUT2D eigenvalue weighted by atomic mass is 9.88. The molecule has 1 nitrogen and oxygen atoms in total. The van der Waals surface area contributed by atoms with Crippen molar-refractivity contribution in [3.05, 3.63) is 0 Å². The molecule has 3 heteroatoms. The van der Waals surface area contributed by atoms with E-state index in [0.717, 1.165) is 32.0 Å². The Morgan fingerprint density at radius 3 is 2.36 bits per heavy atom. The molecule has 1 aliphatic rings. The molecule has 84 valence electrons. The summed E-state index contributed by atoms with van der Waals surface area (Å²) >= 11 is 11.9. The van der Waals surface area contributed by atoms with E-state index in [1.807, 2.05) is 0 Å². The summed E-state index contributed by atoms with van der Waals surface area (Å²) in [4.78, 5) is 0. The quantitative estimate of drug-likeness (QED) is 0.587. The fraction of sp³-hybridized carbons (Fsp3) is 1.00. The molecule has 14 heavy (non-hydrogen) atoms. The van der Waals surface area contributed by atoms with Crippen LogP contribution in [0.5, 0.6) is 0 Å². The number of ether oxygens (including phenoxy) is 1.